The Labute approximate surface area is 109 Å². The Kier molecular flexibility index (Phi) is 15.4. The first-order valence-electron chi connectivity index (χ1n) is 5.12. The second kappa shape index (κ2) is 12.5. The average molecular weight is 285 g/mol. The fourth-order valence-corrected chi connectivity index (χ4v) is 0.254. The molecule has 0 spiro atoms. The molecule has 0 rings (SSSR count). The summed E-state index contributed by atoms with van der Waals surface area (Å²) in [6, 6.07) is 0. The van der Waals surface area contributed by atoms with Crippen LogP contribution < -0.4 is 0 Å². The molecule has 18 heavy (non-hydrogen) atoms. The summed E-state index contributed by atoms with van der Waals surface area (Å²) < 4.78 is 36.1. The SMILES string of the molecule is C=C(C)C(=O)OCC.CCN(C)C.O=S(=O)(O)O. The van der Waals surface area contributed by atoms with Crippen molar-refractivity contribution in [1.29, 1.82) is 0 Å². The van der Waals surface area contributed by atoms with Crippen LogP contribution in [0.1, 0.15) is 20.8 Å². The van der Waals surface area contributed by atoms with Gasteiger partial charge in [0.1, 0.15) is 0 Å². The quantitative estimate of drug-likeness (QED) is 0.453. The smallest absolute Gasteiger partial charge is 0.394 e. The van der Waals surface area contributed by atoms with E-state index in [1.165, 1.54) is 0 Å². The molecule has 0 unspecified atom stereocenters. The molecule has 0 aromatic heterocycles. The van der Waals surface area contributed by atoms with Gasteiger partial charge in [0.15, 0.2) is 0 Å². The van der Waals surface area contributed by atoms with Gasteiger partial charge in [-0.1, -0.05) is 13.5 Å². The summed E-state index contributed by atoms with van der Waals surface area (Å²) in [7, 11) is -0.556. The molecule has 0 aromatic carbocycles. The van der Waals surface area contributed by atoms with Gasteiger partial charge in [0, 0.05) is 5.57 Å². The molecule has 0 radical (unpaired) electrons. The Morgan fingerprint density at radius 3 is 1.61 bits per heavy atom. The number of nitrogens with zero attached hydrogens (tertiary/aromatic N) is 1. The first-order valence-corrected chi connectivity index (χ1v) is 6.52. The maximum atomic E-state index is 10.4. The maximum absolute atomic E-state index is 10.4. The van der Waals surface area contributed by atoms with E-state index in [-0.39, 0.29) is 5.97 Å². The third-order valence-electron chi connectivity index (χ3n) is 1.26. The van der Waals surface area contributed by atoms with Crippen LogP contribution in [0, 0.1) is 0 Å². The minimum Gasteiger partial charge on any atom is -0.463 e. The van der Waals surface area contributed by atoms with Crippen molar-refractivity contribution in [2.24, 2.45) is 0 Å². The van der Waals surface area contributed by atoms with E-state index in [0.29, 0.717) is 12.2 Å². The van der Waals surface area contributed by atoms with Crippen molar-refractivity contribution in [3.63, 3.8) is 0 Å². The molecule has 0 saturated carbocycles. The van der Waals surface area contributed by atoms with Gasteiger partial charge in [0.25, 0.3) is 0 Å². The molecule has 0 amide bonds. The Balaban J connectivity index is -0.000000197. The first kappa shape index (κ1) is 22.2. The van der Waals surface area contributed by atoms with Crippen LogP contribution in [0.15, 0.2) is 12.2 Å². The summed E-state index contributed by atoms with van der Waals surface area (Å²) >= 11 is 0. The van der Waals surface area contributed by atoms with Crippen molar-refractivity contribution in [1.82, 2.24) is 4.90 Å². The zero-order valence-electron chi connectivity index (χ0n) is 11.5. The number of hydrogen-bond acceptors (Lipinski definition) is 5. The van der Waals surface area contributed by atoms with Crippen LogP contribution in [-0.2, 0) is 19.9 Å². The first-order chi connectivity index (χ1) is 7.95. The van der Waals surface area contributed by atoms with Gasteiger partial charge in [-0.15, -0.1) is 0 Å². The Morgan fingerprint density at radius 2 is 1.56 bits per heavy atom. The van der Waals surface area contributed by atoms with Crippen molar-refractivity contribution < 1.29 is 27.1 Å². The van der Waals surface area contributed by atoms with Crippen molar-refractivity contribution >= 4 is 16.4 Å². The number of ether oxygens (including phenoxy) is 1. The van der Waals surface area contributed by atoms with Crippen LogP contribution in [0.2, 0.25) is 0 Å². The highest BCUT2D eigenvalue weighted by Gasteiger charge is 1.98. The lowest BCUT2D eigenvalue weighted by atomic mass is 10.4. The van der Waals surface area contributed by atoms with E-state index in [0.717, 1.165) is 6.54 Å². The lowest BCUT2D eigenvalue weighted by Gasteiger charge is -2.00. The van der Waals surface area contributed by atoms with E-state index in [4.69, 9.17) is 17.5 Å². The number of carbonyl (C=O) groups excluding carboxylic acids is 1. The molecule has 0 aromatic rings. The third kappa shape index (κ3) is 45.9. The minimum atomic E-state index is -4.67. The summed E-state index contributed by atoms with van der Waals surface area (Å²) in [6.45, 7) is 10.5. The predicted octanol–water partition coefficient (Wildman–Crippen LogP) is 1.04. The average Bonchev–Trinajstić information content (AvgIpc) is 2.16. The van der Waals surface area contributed by atoms with Crippen molar-refractivity contribution in [2.45, 2.75) is 20.8 Å². The molecular formula is C10H23NO6S. The van der Waals surface area contributed by atoms with E-state index in [1.54, 1.807) is 13.8 Å². The van der Waals surface area contributed by atoms with Crippen LogP contribution in [0.3, 0.4) is 0 Å². The fourth-order valence-electron chi connectivity index (χ4n) is 0.254. The predicted molar refractivity (Wildman–Crippen MR) is 69.9 cm³/mol. The molecule has 110 valence electrons. The Hall–Kier alpha value is -0.960. The van der Waals surface area contributed by atoms with E-state index >= 15 is 0 Å². The summed E-state index contributed by atoms with van der Waals surface area (Å²) in [5.74, 6) is -0.312. The molecule has 0 aliphatic heterocycles. The molecule has 0 fully saturated rings. The normalized spacial score (nSPS) is 9.56. The molecule has 0 heterocycles. The summed E-state index contributed by atoms with van der Waals surface area (Å²) in [5.41, 5.74) is 0.451. The van der Waals surface area contributed by atoms with Crippen molar-refractivity contribution in [3.05, 3.63) is 12.2 Å². The summed E-state index contributed by atoms with van der Waals surface area (Å²) in [5, 5.41) is 0. The molecule has 0 saturated heterocycles. The number of rotatable bonds is 3. The Morgan fingerprint density at radius 1 is 1.28 bits per heavy atom. The molecular weight excluding hydrogens is 262 g/mol. The number of esters is 1. The van der Waals surface area contributed by atoms with Gasteiger partial charge in [0.2, 0.25) is 0 Å². The molecule has 0 aliphatic carbocycles. The second-order valence-corrected chi connectivity index (χ2v) is 4.24. The lowest BCUT2D eigenvalue weighted by Crippen LogP contribution is -2.08. The van der Waals surface area contributed by atoms with E-state index in [2.05, 4.69) is 37.2 Å². The molecule has 0 aliphatic rings. The van der Waals surface area contributed by atoms with Gasteiger partial charge < -0.3 is 9.64 Å². The van der Waals surface area contributed by atoms with Crippen LogP contribution in [0.5, 0.6) is 0 Å². The highest BCUT2D eigenvalue weighted by molar-refractivity contribution is 7.79. The highest BCUT2D eigenvalue weighted by Crippen LogP contribution is 1.89. The zero-order chi connectivity index (χ0) is 15.4. The van der Waals surface area contributed by atoms with Gasteiger partial charge in [-0.2, -0.15) is 8.42 Å². The molecule has 0 atom stereocenters. The monoisotopic (exact) mass is 285 g/mol. The van der Waals surface area contributed by atoms with Crippen LogP contribution in [-0.4, -0.2) is 55.6 Å². The molecule has 0 bridgehead atoms. The fraction of sp³-hybridized carbons (Fsp3) is 0.700. The van der Waals surface area contributed by atoms with Gasteiger partial charge in [-0.25, -0.2) is 4.79 Å². The van der Waals surface area contributed by atoms with E-state index < -0.39 is 10.4 Å². The van der Waals surface area contributed by atoms with Crippen LogP contribution >= 0.6 is 0 Å². The molecule has 8 heteroatoms. The molecule has 2 N–H and O–H groups in total. The number of hydrogen-bond donors (Lipinski definition) is 2. The number of carbonyl (C=O) groups is 1. The maximum Gasteiger partial charge on any atom is 0.394 e. The van der Waals surface area contributed by atoms with Gasteiger partial charge >= 0.3 is 16.4 Å². The summed E-state index contributed by atoms with van der Waals surface area (Å²) in [6.07, 6.45) is 0. The second-order valence-electron chi connectivity index (χ2n) is 3.34. The largest absolute Gasteiger partial charge is 0.463 e. The highest BCUT2D eigenvalue weighted by atomic mass is 32.3. The van der Waals surface area contributed by atoms with Crippen molar-refractivity contribution in [2.75, 3.05) is 27.2 Å². The van der Waals surface area contributed by atoms with Crippen LogP contribution in [0.4, 0.5) is 0 Å². The van der Waals surface area contributed by atoms with Crippen LogP contribution in [0.25, 0.3) is 0 Å². The van der Waals surface area contributed by atoms with Gasteiger partial charge in [-0.3, -0.25) is 9.11 Å². The minimum absolute atomic E-state index is 0.312. The zero-order valence-corrected chi connectivity index (χ0v) is 12.3. The van der Waals surface area contributed by atoms with Crippen molar-refractivity contribution in [3.8, 4) is 0 Å². The van der Waals surface area contributed by atoms with Gasteiger partial charge in [0.05, 0.1) is 6.61 Å². The van der Waals surface area contributed by atoms with E-state index in [1.807, 2.05) is 0 Å². The van der Waals surface area contributed by atoms with E-state index in [9.17, 15) is 4.79 Å². The summed E-state index contributed by atoms with van der Waals surface area (Å²) in [4.78, 5) is 12.5. The standard InChI is InChI=1S/C6H10O2.C4H11N.H2O4S/c1-4-8-6(7)5(2)3;1-4-5(2)3;1-5(2,3)4/h2,4H2,1,3H3;4H2,1-3H3;(H2,1,2,3,4). The Bertz CT molecular complexity index is 315. The lowest BCUT2D eigenvalue weighted by molar-refractivity contribution is -0.138. The van der Waals surface area contributed by atoms with Gasteiger partial charge in [-0.05, 0) is 34.5 Å². The topological polar surface area (TPSA) is 104 Å². The molecule has 7 nitrogen and oxygen atoms in total. The third-order valence-corrected chi connectivity index (χ3v) is 1.26.